The van der Waals surface area contributed by atoms with Crippen LogP contribution in [0.3, 0.4) is 0 Å². The predicted molar refractivity (Wildman–Crippen MR) is 159 cm³/mol. The summed E-state index contributed by atoms with van der Waals surface area (Å²) in [7, 11) is 0. The van der Waals surface area contributed by atoms with Gasteiger partial charge < -0.3 is 15.1 Å². The first-order chi connectivity index (χ1) is 19.8. The van der Waals surface area contributed by atoms with E-state index in [4.69, 9.17) is 0 Å². The molecule has 2 saturated heterocycles. The molecule has 1 N–H and O–H groups in total. The van der Waals surface area contributed by atoms with Gasteiger partial charge in [0, 0.05) is 70.5 Å². The van der Waals surface area contributed by atoms with Crippen molar-refractivity contribution >= 4 is 11.6 Å². The van der Waals surface area contributed by atoms with Gasteiger partial charge in [0.1, 0.15) is 0 Å². The van der Waals surface area contributed by atoms with Gasteiger partial charge in [-0.25, -0.2) is 0 Å². The van der Waals surface area contributed by atoms with E-state index < -0.39 is 11.7 Å². The summed E-state index contributed by atoms with van der Waals surface area (Å²) >= 11 is 0. The number of piperidine rings is 1. The molecule has 2 aliphatic rings. The molecule has 2 atom stereocenters. The second-order valence-corrected chi connectivity index (χ2v) is 11.3. The Morgan fingerprint density at radius 1 is 0.976 bits per heavy atom. The molecule has 2 aromatic carbocycles. The molecule has 0 unspecified atom stereocenters. The van der Waals surface area contributed by atoms with Crippen molar-refractivity contribution in [1.29, 1.82) is 0 Å². The van der Waals surface area contributed by atoms with E-state index in [1.165, 1.54) is 17.7 Å². The van der Waals surface area contributed by atoms with Crippen molar-refractivity contribution in [2.24, 2.45) is 5.92 Å². The minimum absolute atomic E-state index is 0.116. The summed E-state index contributed by atoms with van der Waals surface area (Å²) in [5.74, 6) is 0.478. The predicted octanol–water partition coefficient (Wildman–Crippen LogP) is 4.96. The van der Waals surface area contributed by atoms with Crippen molar-refractivity contribution in [2.75, 3.05) is 70.3 Å². The van der Waals surface area contributed by atoms with Gasteiger partial charge in [-0.2, -0.15) is 13.2 Å². The number of rotatable bonds is 12. The van der Waals surface area contributed by atoms with Gasteiger partial charge in [-0.3, -0.25) is 14.6 Å². The number of anilines is 1. The normalized spacial score (nSPS) is 20.9. The maximum absolute atomic E-state index is 13.3. The minimum atomic E-state index is -4.34. The number of hydrogen-bond donors (Lipinski definition) is 1. The number of carbonyl (C=O) groups is 1. The van der Waals surface area contributed by atoms with E-state index in [2.05, 4.69) is 63.0 Å². The second kappa shape index (κ2) is 15.0. The molecule has 2 aromatic rings. The van der Waals surface area contributed by atoms with Crippen molar-refractivity contribution in [1.82, 2.24) is 20.0 Å². The lowest BCUT2D eigenvalue weighted by Crippen LogP contribution is -2.56. The van der Waals surface area contributed by atoms with Gasteiger partial charge in [0.05, 0.1) is 5.56 Å². The quantitative estimate of drug-likeness (QED) is 0.389. The molecule has 226 valence electrons. The molecule has 2 heterocycles. The average molecular weight is 574 g/mol. The number of benzene rings is 2. The Kier molecular flexibility index (Phi) is 11.5. The summed E-state index contributed by atoms with van der Waals surface area (Å²) in [6.45, 7) is 13.6. The van der Waals surface area contributed by atoms with Gasteiger partial charge in [0.2, 0.25) is 5.91 Å². The molecule has 0 aliphatic carbocycles. The molecule has 0 bridgehead atoms. The maximum atomic E-state index is 13.3. The number of hydrogen-bond acceptors (Lipinski definition) is 5. The number of carbonyl (C=O) groups excluding carboxylic acids is 1. The Morgan fingerprint density at radius 2 is 1.71 bits per heavy atom. The third-order valence-electron chi connectivity index (χ3n) is 8.74. The van der Waals surface area contributed by atoms with Gasteiger partial charge in [-0.15, -0.1) is 0 Å². The van der Waals surface area contributed by atoms with E-state index in [0.717, 1.165) is 71.3 Å². The monoisotopic (exact) mass is 573 g/mol. The standard InChI is InChI=1S/C32H46F3N5O/c1-3-37(4-2)18-16-36-31(41)14-13-27-25-38(24-26-9-6-5-7-10-26)17-15-30(27)40-21-19-39(20-22-40)29-12-8-11-28(23-29)32(33,34)35/h5-12,23,27,30H,3-4,13-22,24-25H2,1-2H3,(H,36,41)/t27-,30+/m1/s1. The van der Waals surface area contributed by atoms with Crippen molar-refractivity contribution in [2.45, 2.75) is 51.9 Å². The summed E-state index contributed by atoms with van der Waals surface area (Å²) in [5.41, 5.74) is 1.34. The molecular weight excluding hydrogens is 527 g/mol. The van der Waals surface area contributed by atoms with Gasteiger partial charge in [-0.1, -0.05) is 50.2 Å². The van der Waals surface area contributed by atoms with Crippen LogP contribution in [0.25, 0.3) is 0 Å². The first kappa shape index (κ1) is 31.3. The van der Waals surface area contributed by atoms with Crippen molar-refractivity contribution < 1.29 is 18.0 Å². The van der Waals surface area contributed by atoms with Crippen LogP contribution in [0.5, 0.6) is 0 Å². The molecule has 6 nitrogen and oxygen atoms in total. The van der Waals surface area contributed by atoms with Crippen LogP contribution in [-0.2, 0) is 17.5 Å². The van der Waals surface area contributed by atoms with E-state index in [1.54, 1.807) is 6.07 Å². The number of alkyl halides is 3. The number of nitrogens with one attached hydrogen (secondary N) is 1. The maximum Gasteiger partial charge on any atom is 0.416 e. The smallest absolute Gasteiger partial charge is 0.369 e. The lowest BCUT2D eigenvalue weighted by atomic mass is 9.86. The fourth-order valence-electron chi connectivity index (χ4n) is 6.33. The van der Waals surface area contributed by atoms with Crippen LogP contribution in [0, 0.1) is 5.92 Å². The van der Waals surface area contributed by atoms with Crippen LogP contribution in [0.1, 0.15) is 44.2 Å². The molecule has 2 fully saturated rings. The summed E-state index contributed by atoms with van der Waals surface area (Å²) < 4.78 is 39.8. The average Bonchev–Trinajstić information content (AvgIpc) is 2.99. The summed E-state index contributed by atoms with van der Waals surface area (Å²) in [6.07, 6.45) is -1.95. The molecule has 4 rings (SSSR count). The lowest BCUT2D eigenvalue weighted by molar-refractivity contribution is -0.137. The topological polar surface area (TPSA) is 42.1 Å². The molecule has 1 amide bonds. The van der Waals surface area contributed by atoms with Crippen molar-refractivity contribution in [3.05, 3.63) is 65.7 Å². The Hall–Kier alpha value is -2.62. The zero-order chi connectivity index (χ0) is 29.2. The molecule has 41 heavy (non-hydrogen) atoms. The molecule has 9 heteroatoms. The van der Waals surface area contributed by atoms with Crippen LogP contribution in [0.15, 0.2) is 54.6 Å². The lowest BCUT2D eigenvalue weighted by Gasteiger charge is -2.47. The van der Waals surface area contributed by atoms with Gasteiger partial charge in [0.15, 0.2) is 0 Å². The fraction of sp³-hybridized carbons (Fsp3) is 0.594. The van der Waals surface area contributed by atoms with Gasteiger partial charge >= 0.3 is 6.18 Å². The van der Waals surface area contributed by atoms with E-state index in [1.807, 2.05) is 6.07 Å². The Balaban J connectivity index is 1.35. The number of halogens is 3. The SMILES string of the molecule is CCN(CC)CCNC(=O)CC[C@@H]1CN(Cc2ccccc2)CC[C@@H]1N1CCN(c2cccc(C(F)(F)F)c2)CC1. The largest absolute Gasteiger partial charge is 0.416 e. The van der Waals surface area contributed by atoms with Gasteiger partial charge in [-0.05, 0) is 62.2 Å². The molecule has 0 radical (unpaired) electrons. The number of piperazine rings is 1. The Labute approximate surface area is 243 Å². The van der Waals surface area contributed by atoms with Crippen molar-refractivity contribution in [3.63, 3.8) is 0 Å². The molecule has 0 spiro atoms. The van der Waals surface area contributed by atoms with E-state index in [-0.39, 0.29) is 5.91 Å². The van der Waals surface area contributed by atoms with Crippen LogP contribution < -0.4 is 10.2 Å². The van der Waals surface area contributed by atoms with Gasteiger partial charge in [0.25, 0.3) is 0 Å². The Bertz CT molecular complexity index is 1070. The number of amides is 1. The highest BCUT2D eigenvalue weighted by atomic mass is 19.4. The summed E-state index contributed by atoms with van der Waals surface area (Å²) in [4.78, 5) is 22.1. The molecule has 0 aromatic heterocycles. The molecular formula is C32H46F3N5O. The highest BCUT2D eigenvalue weighted by Crippen LogP contribution is 2.33. The minimum Gasteiger partial charge on any atom is -0.369 e. The Morgan fingerprint density at radius 3 is 2.39 bits per heavy atom. The number of nitrogens with zero attached hydrogens (tertiary/aromatic N) is 4. The summed E-state index contributed by atoms with van der Waals surface area (Å²) in [6, 6.07) is 16.6. The fourth-order valence-corrected chi connectivity index (χ4v) is 6.33. The van der Waals surface area contributed by atoms with Crippen LogP contribution in [0.4, 0.5) is 18.9 Å². The second-order valence-electron chi connectivity index (χ2n) is 11.3. The van der Waals surface area contributed by atoms with E-state index in [9.17, 15) is 18.0 Å². The van der Waals surface area contributed by atoms with Crippen LogP contribution >= 0.6 is 0 Å². The number of likely N-dealkylation sites (N-methyl/N-ethyl adjacent to an activating group) is 1. The highest BCUT2D eigenvalue weighted by molar-refractivity contribution is 5.75. The first-order valence-electron chi connectivity index (χ1n) is 15.2. The highest BCUT2D eigenvalue weighted by Gasteiger charge is 2.35. The van der Waals surface area contributed by atoms with E-state index >= 15 is 0 Å². The first-order valence-corrected chi connectivity index (χ1v) is 15.2. The van der Waals surface area contributed by atoms with E-state index in [0.29, 0.717) is 43.7 Å². The van der Waals surface area contributed by atoms with Crippen LogP contribution in [-0.4, -0.2) is 92.1 Å². The van der Waals surface area contributed by atoms with Crippen LogP contribution in [0.2, 0.25) is 0 Å². The van der Waals surface area contributed by atoms with Crippen molar-refractivity contribution in [3.8, 4) is 0 Å². The third kappa shape index (κ3) is 9.18. The third-order valence-corrected chi connectivity index (χ3v) is 8.74. The zero-order valence-electron chi connectivity index (χ0n) is 24.6. The zero-order valence-corrected chi connectivity index (χ0v) is 24.6. The number of likely N-dealkylation sites (tertiary alicyclic amines) is 1. The molecule has 2 aliphatic heterocycles. The summed E-state index contributed by atoms with van der Waals surface area (Å²) in [5, 5.41) is 3.11. The molecule has 0 saturated carbocycles.